The minimum absolute atomic E-state index is 0.0928. The third kappa shape index (κ3) is 3.11. The molecule has 0 aromatic carbocycles. The zero-order chi connectivity index (χ0) is 15.5. The maximum atomic E-state index is 11.8. The summed E-state index contributed by atoms with van der Waals surface area (Å²) in [5.41, 5.74) is 0.860. The van der Waals surface area contributed by atoms with Crippen molar-refractivity contribution in [3.8, 4) is 10.8 Å². The fourth-order valence-electron chi connectivity index (χ4n) is 2.34. The molecule has 1 fully saturated rings. The normalized spacial score (nSPS) is 17.9. The Hall–Kier alpha value is -2.35. The fraction of sp³-hybridized carbons (Fsp3) is 0.357. The smallest absolute Gasteiger partial charge is 0.308 e. The molecule has 0 unspecified atom stereocenters. The predicted molar refractivity (Wildman–Crippen MR) is 79.2 cm³/mol. The molecular formula is C14H14N4O3S. The Morgan fingerprint density at radius 2 is 2.18 bits per heavy atom. The highest BCUT2D eigenvalue weighted by atomic mass is 32.1. The quantitative estimate of drug-likeness (QED) is 0.886. The van der Waals surface area contributed by atoms with E-state index in [1.807, 2.05) is 5.38 Å². The molecule has 8 heteroatoms. The molecule has 0 radical (unpaired) electrons. The van der Waals surface area contributed by atoms with Crippen LogP contribution in [0, 0.1) is 5.92 Å². The molecular weight excluding hydrogens is 304 g/mol. The van der Waals surface area contributed by atoms with Crippen LogP contribution in [0.3, 0.4) is 0 Å². The molecule has 22 heavy (non-hydrogen) atoms. The van der Waals surface area contributed by atoms with Gasteiger partial charge in [-0.3, -0.25) is 9.59 Å². The minimum Gasteiger partial charge on any atom is -0.481 e. The summed E-state index contributed by atoms with van der Waals surface area (Å²) in [7, 11) is 0. The largest absolute Gasteiger partial charge is 0.481 e. The maximum absolute atomic E-state index is 11.8. The van der Waals surface area contributed by atoms with Crippen molar-refractivity contribution in [2.24, 2.45) is 5.92 Å². The van der Waals surface area contributed by atoms with E-state index in [1.165, 1.54) is 11.3 Å². The minimum atomic E-state index is -0.909. The lowest BCUT2D eigenvalue weighted by molar-refractivity contribution is -0.141. The first kappa shape index (κ1) is 14.6. The maximum Gasteiger partial charge on any atom is 0.308 e. The first-order valence-electron chi connectivity index (χ1n) is 6.86. The Bertz CT molecular complexity index is 688. The lowest BCUT2D eigenvalue weighted by Crippen LogP contribution is -2.28. The number of carboxylic acid groups (broad SMARTS) is 1. The van der Waals surface area contributed by atoms with Crippen LogP contribution >= 0.6 is 11.3 Å². The van der Waals surface area contributed by atoms with E-state index in [-0.39, 0.29) is 18.9 Å². The molecule has 1 N–H and O–H groups in total. The van der Waals surface area contributed by atoms with Crippen LogP contribution in [0.5, 0.6) is 0 Å². The molecule has 1 saturated heterocycles. The van der Waals surface area contributed by atoms with Crippen LogP contribution in [-0.4, -0.2) is 49.9 Å². The number of nitrogens with zero attached hydrogens (tertiary/aromatic N) is 4. The van der Waals surface area contributed by atoms with Gasteiger partial charge >= 0.3 is 5.97 Å². The second-order valence-corrected chi connectivity index (χ2v) is 5.90. The van der Waals surface area contributed by atoms with Gasteiger partial charge in [-0.1, -0.05) is 0 Å². The molecule has 0 saturated carbocycles. The van der Waals surface area contributed by atoms with Gasteiger partial charge in [0.1, 0.15) is 0 Å². The van der Waals surface area contributed by atoms with Crippen molar-refractivity contribution in [3.05, 3.63) is 29.5 Å². The third-order valence-corrected chi connectivity index (χ3v) is 4.40. The molecule has 2 aromatic rings. The average molecular weight is 318 g/mol. The summed E-state index contributed by atoms with van der Waals surface area (Å²) in [6.07, 6.45) is 4.02. The van der Waals surface area contributed by atoms with Crippen LogP contribution in [0.1, 0.15) is 12.1 Å². The van der Waals surface area contributed by atoms with E-state index in [4.69, 9.17) is 5.11 Å². The zero-order valence-electron chi connectivity index (χ0n) is 11.7. The lowest BCUT2D eigenvalue weighted by atomic mass is 10.1. The number of carbonyl (C=O) groups is 2. The molecule has 114 valence electrons. The molecule has 3 rings (SSSR count). The van der Waals surface area contributed by atoms with E-state index in [2.05, 4.69) is 15.0 Å². The second-order valence-electron chi connectivity index (χ2n) is 5.05. The topological polar surface area (TPSA) is 96.3 Å². The van der Waals surface area contributed by atoms with E-state index in [0.29, 0.717) is 18.8 Å². The Morgan fingerprint density at radius 3 is 2.86 bits per heavy atom. The summed E-state index contributed by atoms with van der Waals surface area (Å²) in [5.74, 6) is -1.01. The van der Waals surface area contributed by atoms with Gasteiger partial charge in [-0.15, -0.1) is 11.3 Å². The monoisotopic (exact) mass is 318 g/mol. The van der Waals surface area contributed by atoms with E-state index >= 15 is 0 Å². The molecule has 2 aromatic heterocycles. The highest BCUT2D eigenvalue weighted by Gasteiger charge is 2.33. The van der Waals surface area contributed by atoms with Gasteiger partial charge in [0.05, 0.1) is 11.6 Å². The highest BCUT2D eigenvalue weighted by molar-refractivity contribution is 7.13. The van der Waals surface area contributed by atoms with Gasteiger partial charge in [-0.25, -0.2) is 15.0 Å². The number of hydrogen-bond acceptors (Lipinski definition) is 6. The van der Waals surface area contributed by atoms with Crippen molar-refractivity contribution in [2.75, 3.05) is 13.1 Å². The van der Waals surface area contributed by atoms with Crippen LogP contribution in [-0.2, 0) is 16.0 Å². The van der Waals surface area contributed by atoms with E-state index in [0.717, 1.165) is 10.7 Å². The molecule has 1 atom stereocenters. The van der Waals surface area contributed by atoms with Crippen LogP contribution in [0.2, 0.25) is 0 Å². The molecule has 7 nitrogen and oxygen atoms in total. The molecule has 1 aliphatic rings. The number of thiazole rings is 1. The summed E-state index contributed by atoms with van der Waals surface area (Å²) < 4.78 is 0. The number of rotatable bonds is 5. The number of aromatic nitrogens is 3. The molecule has 1 amide bonds. The number of carboxylic acids is 1. The Kier molecular flexibility index (Phi) is 4.10. The van der Waals surface area contributed by atoms with Gasteiger partial charge in [0, 0.05) is 43.7 Å². The highest BCUT2D eigenvalue weighted by Crippen LogP contribution is 2.21. The average Bonchev–Trinajstić information content (AvgIpc) is 3.13. The van der Waals surface area contributed by atoms with Crippen LogP contribution in [0.25, 0.3) is 10.8 Å². The van der Waals surface area contributed by atoms with Crippen molar-refractivity contribution in [2.45, 2.75) is 12.8 Å². The van der Waals surface area contributed by atoms with Crippen molar-refractivity contribution in [3.63, 3.8) is 0 Å². The van der Waals surface area contributed by atoms with Crippen LogP contribution in [0.15, 0.2) is 23.8 Å². The van der Waals surface area contributed by atoms with Crippen molar-refractivity contribution < 1.29 is 14.7 Å². The molecule has 3 heterocycles. The SMILES string of the molecule is O=C(O)[C@H]1CC(=O)N(CCc2csc(-c3ncccn3)n2)C1. The van der Waals surface area contributed by atoms with Gasteiger partial charge in [0.25, 0.3) is 0 Å². The molecule has 0 aliphatic carbocycles. The van der Waals surface area contributed by atoms with Crippen LogP contribution < -0.4 is 0 Å². The van der Waals surface area contributed by atoms with Gasteiger partial charge in [0.2, 0.25) is 5.91 Å². The first-order valence-corrected chi connectivity index (χ1v) is 7.74. The number of aliphatic carboxylic acids is 1. The summed E-state index contributed by atoms with van der Waals surface area (Å²) in [4.78, 5) is 37.0. The van der Waals surface area contributed by atoms with Crippen molar-refractivity contribution >= 4 is 23.2 Å². The number of likely N-dealkylation sites (tertiary alicyclic amines) is 1. The van der Waals surface area contributed by atoms with E-state index in [1.54, 1.807) is 23.4 Å². The summed E-state index contributed by atoms with van der Waals surface area (Å²) in [6.45, 7) is 0.772. The van der Waals surface area contributed by atoms with E-state index in [9.17, 15) is 9.59 Å². The number of carbonyl (C=O) groups excluding carboxylic acids is 1. The lowest BCUT2D eigenvalue weighted by Gasteiger charge is -2.14. The standard InChI is InChI=1S/C14H14N4O3S/c19-11-6-9(14(20)21)7-18(11)5-2-10-8-22-13(17-10)12-15-3-1-4-16-12/h1,3-4,8-9H,2,5-7H2,(H,20,21)/t9-/m0/s1. The first-order chi connectivity index (χ1) is 10.6. The third-order valence-electron chi connectivity index (χ3n) is 3.51. The number of amides is 1. The Balaban J connectivity index is 1.60. The molecule has 0 spiro atoms. The Labute approximate surface area is 130 Å². The van der Waals surface area contributed by atoms with Gasteiger partial charge in [-0.2, -0.15) is 0 Å². The number of hydrogen-bond donors (Lipinski definition) is 1. The van der Waals surface area contributed by atoms with Gasteiger partial charge in [0.15, 0.2) is 10.8 Å². The molecule has 1 aliphatic heterocycles. The van der Waals surface area contributed by atoms with Gasteiger partial charge < -0.3 is 10.0 Å². The zero-order valence-corrected chi connectivity index (χ0v) is 12.5. The molecule has 0 bridgehead atoms. The summed E-state index contributed by atoms with van der Waals surface area (Å²) in [5, 5.41) is 11.6. The van der Waals surface area contributed by atoms with Crippen molar-refractivity contribution in [1.29, 1.82) is 0 Å². The van der Waals surface area contributed by atoms with Crippen molar-refractivity contribution in [1.82, 2.24) is 19.9 Å². The fourth-order valence-corrected chi connectivity index (χ4v) is 3.14. The van der Waals surface area contributed by atoms with E-state index < -0.39 is 11.9 Å². The van der Waals surface area contributed by atoms with Crippen LogP contribution in [0.4, 0.5) is 0 Å². The Morgan fingerprint density at radius 1 is 1.41 bits per heavy atom. The summed E-state index contributed by atoms with van der Waals surface area (Å²) >= 11 is 1.46. The summed E-state index contributed by atoms with van der Waals surface area (Å²) in [6, 6.07) is 1.75. The second kappa shape index (κ2) is 6.18. The predicted octanol–water partition coefficient (Wildman–Crippen LogP) is 1.08. The van der Waals surface area contributed by atoms with Gasteiger partial charge in [-0.05, 0) is 6.07 Å².